The third kappa shape index (κ3) is 13.9. The number of ether oxygens (including phenoxy) is 3. The number of carbonyl (C=O) groups excluding carboxylic acids is 5. The molecule has 0 saturated carbocycles. The van der Waals surface area contributed by atoms with Crippen LogP contribution in [0.25, 0.3) is 11.1 Å². The lowest BCUT2D eigenvalue weighted by Crippen LogP contribution is -2.61. The fourth-order valence-corrected chi connectivity index (χ4v) is 7.36. The van der Waals surface area contributed by atoms with E-state index in [1.165, 1.54) is 45.2 Å². The molecule has 5 amide bonds. The molecule has 1 aliphatic rings. The van der Waals surface area contributed by atoms with Gasteiger partial charge in [-0.05, 0) is 77.8 Å². The summed E-state index contributed by atoms with van der Waals surface area (Å²) in [6.07, 6.45) is -9.86. The Morgan fingerprint density at radius 2 is 1.27 bits per heavy atom. The molecule has 360 valence electrons. The van der Waals surface area contributed by atoms with Gasteiger partial charge in [-0.1, -0.05) is 98.8 Å². The second-order valence-electron chi connectivity index (χ2n) is 17.3. The van der Waals surface area contributed by atoms with Crippen molar-refractivity contribution < 1.29 is 65.2 Å². The van der Waals surface area contributed by atoms with Crippen molar-refractivity contribution >= 4 is 29.9 Å². The van der Waals surface area contributed by atoms with Crippen LogP contribution in [-0.4, -0.2) is 91.2 Å². The van der Waals surface area contributed by atoms with Crippen LogP contribution in [0.1, 0.15) is 74.4 Å². The number of aliphatic hydroxyl groups is 1. The summed E-state index contributed by atoms with van der Waals surface area (Å²) in [7, 11) is 1.38. The molecule has 0 heterocycles. The zero-order valence-electron chi connectivity index (χ0n) is 37.6. The van der Waals surface area contributed by atoms with E-state index in [1.807, 2.05) is 48.5 Å². The molecule has 4 unspecified atom stereocenters. The largest absolute Gasteiger partial charge is 0.497 e. The van der Waals surface area contributed by atoms with Crippen LogP contribution in [0, 0.1) is 5.92 Å². The van der Waals surface area contributed by atoms with Gasteiger partial charge in [-0.25, -0.2) is 9.59 Å². The van der Waals surface area contributed by atoms with Gasteiger partial charge < -0.3 is 45.9 Å². The monoisotopic (exact) mass is 939 g/mol. The molecule has 6 N–H and O–H groups in total. The number of alkyl carbamates (subject to hydrolysis) is 2. The molecule has 0 aliphatic heterocycles. The summed E-state index contributed by atoms with van der Waals surface area (Å²) in [6.45, 7) is 5.69. The number of halogens is 5. The molecule has 1 aliphatic carbocycles. The lowest BCUT2D eigenvalue weighted by atomic mass is 9.92. The minimum atomic E-state index is -5.03. The minimum Gasteiger partial charge on any atom is -0.497 e. The van der Waals surface area contributed by atoms with Crippen LogP contribution in [-0.2, 0) is 36.8 Å². The summed E-state index contributed by atoms with van der Waals surface area (Å²) in [5.74, 6) is -10.4. The Kier molecular flexibility index (Phi) is 16.6. The predicted molar refractivity (Wildman–Crippen MR) is 236 cm³/mol. The van der Waals surface area contributed by atoms with E-state index in [4.69, 9.17) is 14.2 Å². The number of amides is 5. The molecule has 4 atom stereocenters. The maximum atomic E-state index is 15.2. The summed E-state index contributed by atoms with van der Waals surface area (Å²) < 4.78 is 85.0. The molecule has 0 spiro atoms. The van der Waals surface area contributed by atoms with Crippen LogP contribution in [0.2, 0.25) is 0 Å². The van der Waals surface area contributed by atoms with Gasteiger partial charge in [0, 0.05) is 18.9 Å². The Morgan fingerprint density at radius 1 is 0.701 bits per heavy atom. The van der Waals surface area contributed by atoms with Crippen LogP contribution in [0.3, 0.4) is 0 Å². The van der Waals surface area contributed by atoms with Gasteiger partial charge in [0.05, 0.1) is 13.2 Å². The number of rotatable bonds is 18. The molecule has 0 fully saturated rings. The highest BCUT2D eigenvalue weighted by Crippen LogP contribution is 2.44. The van der Waals surface area contributed by atoms with E-state index >= 15 is 8.78 Å². The molecule has 5 rings (SSSR count). The average molecular weight is 940 g/mol. The fraction of sp³-hybridized carbons (Fsp3) is 0.396. The molecule has 0 radical (unpaired) electrons. The standard InChI is InChI=1S/C48H54F5N5O9/c1-27(2)38(40(59)48(52,53)43(62)55-26-47(49,50)51)57-42(61)39(30-19-21-31(65-6)22-20-30)58-41(60)37(23-28-15-17-29(18-16-28)24-54-44(63)67-46(3,4)5)56-45(64)66-25-36-34-13-9-7-11-32(34)33-12-8-10-14-35(33)36/h7-22,27,36-40,59H,23-26H2,1-6H3,(H,54,63)(H,55,62)(H,56,64)(H,57,61)(H,58,60). The Morgan fingerprint density at radius 3 is 1.81 bits per heavy atom. The molecule has 14 nitrogen and oxygen atoms in total. The molecule has 0 saturated heterocycles. The highest BCUT2D eigenvalue weighted by Gasteiger charge is 2.52. The average Bonchev–Trinajstić information content (AvgIpc) is 3.60. The zero-order valence-corrected chi connectivity index (χ0v) is 37.6. The van der Waals surface area contributed by atoms with Crippen LogP contribution in [0.15, 0.2) is 97.1 Å². The first-order chi connectivity index (χ1) is 31.5. The molecular weight excluding hydrogens is 886 g/mol. The normalized spacial score (nSPS) is 14.3. The van der Waals surface area contributed by atoms with E-state index in [0.29, 0.717) is 16.9 Å². The Bertz CT molecular complexity index is 2330. The van der Waals surface area contributed by atoms with Crippen LogP contribution >= 0.6 is 0 Å². The van der Waals surface area contributed by atoms with Gasteiger partial charge in [-0.15, -0.1) is 0 Å². The van der Waals surface area contributed by atoms with Crippen molar-refractivity contribution in [1.82, 2.24) is 26.6 Å². The van der Waals surface area contributed by atoms with Gasteiger partial charge in [-0.3, -0.25) is 14.4 Å². The molecule has 19 heteroatoms. The molecule has 0 bridgehead atoms. The molecular formula is C48H54F5N5O9. The first kappa shape index (κ1) is 51.2. The van der Waals surface area contributed by atoms with Crippen molar-refractivity contribution in [2.75, 3.05) is 20.3 Å². The zero-order chi connectivity index (χ0) is 49.3. The highest BCUT2D eigenvalue weighted by atomic mass is 19.4. The number of carbonyl (C=O) groups is 5. The summed E-state index contributed by atoms with van der Waals surface area (Å²) in [5.41, 5.74) is 4.38. The quantitative estimate of drug-likeness (QED) is 0.0580. The summed E-state index contributed by atoms with van der Waals surface area (Å²) >= 11 is 0. The second-order valence-corrected chi connectivity index (χ2v) is 17.3. The molecule has 4 aromatic rings. The smallest absolute Gasteiger partial charge is 0.407 e. The van der Waals surface area contributed by atoms with Crippen molar-refractivity contribution in [3.63, 3.8) is 0 Å². The van der Waals surface area contributed by atoms with E-state index in [-0.39, 0.29) is 31.1 Å². The van der Waals surface area contributed by atoms with Crippen molar-refractivity contribution in [3.8, 4) is 16.9 Å². The van der Waals surface area contributed by atoms with Crippen LogP contribution in [0.4, 0.5) is 31.5 Å². The fourth-order valence-electron chi connectivity index (χ4n) is 7.36. The second kappa shape index (κ2) is 21.7. The van der Waals surface area contributed by atoms with E-state index in [9.17, 15) is 42.3 Å². The number of aliphatic hydroxyl groups excluding tert-OH is 1. The topological polar surface area (TPSA) is 193 Å². The van der Waals surface area contributed by atoms with Crippen molar-refractivity contribution in [1.29, 1.82) is 0 Å². The Labute approximate surface area is 384 Å². The first-order valence-corrected chi connectivity index (χ1v) is 21.3. The van der Waals surface area contributed by atoms with E-state index in [0.717, 1.165) is 27.6 Å². The van der Waals surface area contributed by atoms with Crippen molar-refractivity contribution in [2.45, 2.75) is 95.4 Å². The van der Waals surface area contributed by atoms with Crippen LogP contribution < -0.4 is 31.3 Å². The number of methoxy groups -OCH3 is 1. The Balaban J connectivity index is 1.41. The van der Waals surface area contributed by atoms with Gasteiger partial charge in [0.1, 0.15) is 42.7 Å². The Hall–Kier alpha value is -6.76. The summed E-state index contributed by atoms with van der Waals surface area (Å²) in [6, 6.07) is 22.6. The maximum absolute atomic E-state index is 15.2. The SMILES string of the molecule is COc1ccc(C(NC(=O)C(Cc2ccc(CNC(=O)OC(C)(C)C)cc2)NC(=O)OCC2c3ccccc3-c3ccccc32)C(=O)NC(C(C)C)C(O)C(F)(F)C(=O)NCC(F)(F)F)cc1. The number of alkyl halides is 5. The van der Waals surface area contributed by atoms with Gasteiger partial charge in [-0.2, -0.15) is 22.0 Å². The molecule has 0 aromatic heterocycles. The van der Waals surface area contributed by atoms with Gasteiger partial charge in [0.2, 0.25) is 11.8 Å². The number of hydrogen-bond acceptors (Lipinski definition) is 9. The molecule has 67 heavy (non-hydrogen) atoms. The number of benzene rings is 4. The minimum absolute atomic E-state index is 0.0834. The maximum Gasteiger partial charge on any atom is 0.407 e. The van der Waals surface area contributed by atoms with Crippen LogP contribution in [0.5, 0.6) is 5.75 Å². The van der Waals surface area contributed by atoms with Gasteiger partial charge in [0.15, 0.2) is 0 Å². The lowest BCUT2D eigenvalue weighted by Gasteiger charge is -2.33. The van der Waals surface area contributed by atoms with E-state index in [2.05, 4.69) is 21.3 Å². The van der Waals surface area contributed by atoms with Gasteiger partial charge >= 0.3 is 24.3 Å². The summed E-state index contributed by atoms with van der Waals surface area (Å²) in [4.78, 5) is 66.8. The van der Waals surface area contributed by atoms with Crippen molar-refractivity contribution in [3.05, 3.63) is 125 Å². The van der Waals surface area contributed by atoms with Crippen molar-refractivity contribution in [2.24, 2.45) is 5.92 Å². The third-order valence-corrected chi connectivity index (χ3v) is 10.7. The highest BCUT2D eigenvalue weighted by molar-refractivity contribution is 5.92. The van der Waals surface area contributed by atoms with E-state index in [1.54, 1.807) is 45.0 Å². The predicted octanol–water partition coefficient (Wildman–Crippen LogP) is 6.84. The first-order valence-electron chi connectivity index (χ1n) is 21.3. The van der Waals surface area contributed by atoms with E-state index < -0.39 is 84.3 Å². The lowest BCUT2D eigenvalue weighted by molar-refractivity contribution is -0.175. The number of nitrogens with one attached hydrogen (secondary N) is 5. The number of hydrogen-bond donors (Lipinski definition) is 6. The molecule has 4 aromatic carbocycles. The summed E-state index contributed by atoms with van der Waals surface area (Å²) in [5, 5.41) is 21.9. The number of fused-ring (bicyclic) bond motifs is 3. The van der Waals surface area contributed by atoms with Gasteiger partial charge in [0.25, 0.3) is 5.91 Å². The third-order valence-electron chi connectivity index (χ3n) is 10.7.